The Labute approximate surface area is 124 Å². The van der Waals surface area contributed by atoms with Crippen molar-refractivity contribution < 1.29 is 23.0 Å². The molecule has 1 aromatic carbocycles. The van der Waals surface area contributed by atoms with Crippen LogP contribution in [0.5, 0.6) is 5.75 Å². The van der Waals surface area contributed by atoms with Crippen molar-refractivity contribution in [2.75, 3.05) is 6.61 Å². The molecule has 0 radical (unpaired) electrons. The van der Waals surface area contributed by atoms with Crippen LogP contribution in [0.3, 0.4) is 0 Å². The van der Waals surface area contributed by atoms with Crippen molar-refractivity contribution in [1.82, 2.24) is 0 Å². The number of hydrogen-bond acceptors (Lipinski definition) is 2. The van der Waals surface area contributed by atoms with Crippen LogP contribution >= 0.6 is 15.9 Å². The normalized spacial score (nSPS) is 23.6. The van der Waals surface area contributed by atoms with E-state index in [1.165, 1.54) is 12.1 Å². The predicted molar refractivity (Wildman–Crippen MR) is 72.6 cm³/mol. The van der Waals surface area contributed by atoms with Gasteiger partial charge < -0.3 is 9.84 Å². The van der Waals surface area contributed by atoms with Crippen LogP contribution in [0.25, 0.3) is 0 Å². The van der Waals surface area contributed by atoms with E-state index in [0.29, 0.717) is 5.92 Å². The van der Waals surface area contributed by atoms with E-state index in [2.05, 4.69) is 15.9 Å². The van der Waals surface area contributed by atoms with Gasteiger partial charge >= 0.3 is 6.18 Å². The minimum atomic E-state index is -4.40. The molecular formula is C14H16BrF3O2. The van der Waals surface area contributed by atoms with Gasteiger partial charge in [-0.1, -0.05) is 15.9 Å². The Morgan fingerprint density at radius 1 is 1.20 bits per heavy atom. The summed E-state index contributed by atoms with van der Waals surface area (Å²) < 4.78 is 44.0. The van der Waals surface area contributed by atoms with Crippen LogP contribution in [0.15, 0.2) is 22.7 Å². The average Bonchev–Trinajstić information content (AvgIpc) is 2.40. The predicted octanol–water partition coefficient (Wildman–Crippen LogP) is 4.40. The maximum Gasteiger partial charge on any atom is 0.417 e. The van der Waals surface area contributed by atoms with Crippen LogP contribution in [0, 0.1) is 5.92 Å². The molecule has 0 saturated heterocycles. The summed E-state index contributed by atoms with van der Waals surface area (Å²) in [4.78, 5) is 0. The van der Waals surface area contributed by atoms with Gasteiger partial charge in [0.1, 0.15) is 5.75 Å². The summed E-state index contributed by atoms with van der Waals surface area (Å²) in [5.41, 5.74) is -0.723. The molecular weight excluding hydrogens is 337 g/mol. The highest BCUT2D eigenvalue weighted by molar-refractivity contribution is 9.10. The van der Waals surface area contributed by atoms with Gasteiger partial charge in [0.15, 0.2) is 0 Å². The van der Waals surface area contributed by atoms with E-state index >= 15 is 0 Å². The van der Waals surface area contributed by atoms with Crippen molar-refractivity contribution >= 4 is 15.9 Å². The first-order valence-electron chi connectivity index (χ1n) is 6.54. The van der Waals surface area contributed by atoms with Gasteiger partial charge in [0, 0.05) is 11.1 Å². The molecule has 0 aliphatic heterocycles. The minimum Gasteiger partial charge on any atom is -0.490 e. The van der Waals surface area contributed by atoms with Crippen molar-refractivity contribution in [2.24, 2.45) is 5.92 Å². The quantitative estimate of drug-likeness (QED) is 0.873. The van der Waals surface area contributed by atoms with E-state index < -0.39 is 11.7 Å². The van der Waals surface area contributed by atoms with Crippen molar-refractivity contribution in [3.63, 3.8) is 0 Å². The van der Waals surface area contributed by atoms with Crippen LogP contribution in [0.1, 0.15) is 31.2 Å². The molecule has 2 nitrogen and oxygen atoms in total. The van der Waals surface area contributed by atoms with E-state index in [-0.39, 0.29) is 22.9 Å². The van der Waals surface area contributed by atoms with Gasteiger partial charge in [-0.3, -0.25) is 0 Å². The third kappa shape index (κ3) is 3.88. The zero-order valence-corrected chi connectivity index (χ0v) is 12.4. The number of aliphatic hydroxyl groups is 1. The Kier molecular flexibility index (Phi) is 4.96. The molecule has 1 saturated carbocycles. The monoisotopic (exact) mass is 352 g/mol. The lowest BCUT2D eigenvalue weighted by atomic mass is 9.88. The van der Waals surface area contributed by atoms with E-state index in [4.69, 9.17) is 9.84 Å². The molecule has 0 spiro atoms. The number of halogens is 4. The highest BCUT2D eigenvalue weighted by atomic mass is 79.9. The van der Waals surface area contributed by atoms with E-state index in [1.807, 2.05) is 0 Å². The molecule has 112 valence electrons. The van der Waals surface area contributed by atoms with E-state index in [0.717, 1.165) is 31.7 Å². The van der Waals surface area contributed by atoms with E-state index in [9.17, 15) is 13.2 Å². The molecule has 0 unspecified atom stereocenters. The SMILES string of the molecule is OCC1CCC(Oc2ccc(Br)c(C(F)(F)F)c2)CC1. The van der Waals surface area contributed by atoms with Crippen LogP contribution in [0.4, 0.5) is 13.2 Å². The number of rotatable bonds is 3. The van der Waals surface area contributed by atoms with Crippen molar-refractivity contribution in [3.8, 4) is 5.75 Å². The second-order valence-electron chi connectivity index (χ2n) is 5.08. The maximum atomic E-state index is 12.8. The molecule has 6 heteroatoms. The largest absolute Gasteiger partial charge is 0.490 e. The molecule has 20 heavy (non-hydrogen) atoms. The van der Waals surface area contributed by atoms with Gasteiger partial charge in [-0.2, -0.15) is 13.2 Å². The zero-order valence-electron chi connectivity index (χ0n) is 10.8. The van der Waals surface area contributed by atoms with Gasteiger partial charge in [0.05, 0.1) is 11.7 Å². The third-order valence-corrected chi connectivity index (χ3v) is 4.29. The molecule has 2 rings (SSSR count). The second kappa shape index (κ2) is 6.35. The van der Waals surface area contributed by atoms with Crippen LogP contribution < -0.4 is 4.74 Å². The van der Waals surface area contributed by atoms with Crippen molar-refractivity contribution in [1.29, 1.82) is 0 Å². The lowest BCUT2D eigenvalue weighted by Crippen LogP contribution is -2.25. The van der Waals surface area contributed by atoms with Gasteiger partial charge in [0.25, 0.3) is 0 Å². The first kappa shape index (κ1) is 15.6. The fourth-order valence-electron chi connectivity index (χ4n) is 2.42. The highest BCUT2D eigenvalue weighted by Gasteiger charge is 2.33. The maximum absolute atomic E-state index is 12.8. The van der Waals surface area contributed by atoms with Gasteiger partial charge in [0.2, 0.25) is 0 Å². The summed E-state index contributed by atoms with van der Waals surface area (Å²) in [6.07, 6.45) is -1.23. The fraction of sp³-hybridized carbons (Fsp3) is 0.571. The van der Waals surface area contributed by atoms with Gasteiger partial charge in [-0.15, -0.1) is 0 Å². The number of benzene rings is 1. The summed E-state index contributed by atoms with van der Waals surface area (Å²) in [7, 11) is 0. The van der Waals surface area contributed by atoms with Crippen molar-refractivity contribution in [2.45, 2.75) is 38.0 Å². The Morgan fingerprint density at radius 2 is 1.85 bits per heavy atom. The molecule has 0 bridgehead atoms. The van der Waals surface area contributed by atoms with Crippen LogP contribution in [-0.2, 0) is 6.18 Å². The lowest BCUT2D eigenvalue weighted by Gasteiger charge is -2.28. The standard InChI is InChI=1S/C14H16BrF3O2/c15-13-6-5-11(7-12(13)14(16,17)18)20-10-3-1-9(8-19)2-4-10/h5-7,9-10,19H,1-4,8H2. The first-order valence-corrected chi connectivity index (χ1v) is 7.33. The summed E-state index contributed by atoms with van der Waals surface area (Å²) in [6.45, 7) is 0.170. The van der Waals surface area contributed by atoms with Crippen molar-refractivity contribution in [3.05, 3.63) is 28.2 Å². The number of alkyl halides is 3. The number of ether oxygens (including phenoxy) is 1. The Bertz CT molecular complexity index is 454. The van der Waals surface area contributed by atoms with Crippen LogP contribution in [-0.4, -0.2) is 17.8 Å². The Hall–Kier alpha value is -0.750. The second-order valence-corrected chi connectivity index (χ2v) is 5.94. The topological polar surface area (TPSA) is 29.5 Å². The first-order chi connectivity index (χ1) is 9.40. The highest BCUT2D eigenvalue weighted by Crippen LogP contribution is 2.37. The lowest BCUT2D eigenvalue weighted by molar-refractivity contribution is -0.138. The minimum absolute atomic E-state index is 0.0151. The zero-order chi connectivity index (χ0) is 14.8. The molecule has 1 fully saturated rings. The number of aliphatic hydroxyl groups excluding tert-OH is 1. The molecule has 0 amide bonds. The molecule has 1 N–H and O–H groups in total. The van der Waals surface area contributed by atoms with Gasteiger partial charge in [-0.25, -0.2) is 0 Å². The van der Waals surface area contributed by atoms with Crippen LogP contribution in [0.2, 0.25) is 0 Å². The molecule has 0 aromatic heterocycles. The molecule has 1 aliphatic carbocycles. The molecule has 0 atom stereocenters. The summed E-state index contributed by atoms with van der Waals surface area (Å²) in [6, 6.07) is 3.93. The molecule has 1 aromatic rings. The summed E-state index contributed by atoms with van der Waals surface area (Å²) >= 11 is 2.91. The van der Waals surface area contributed by atoms with Gasteiger partial charge in [-0.05, 0) is 49.8 Å². The summed E-state index contributed by atoms with van der Waals surface area (Å²) in [5.74, 6) is 0.540. The average molecular weight is 353 g/mol. The third-order valence-electron chi connectivity index (χ3n) is 3.60. The fourth-order valence-corrected chi connectivity index (χ4v) is 2.89. The Morgan fingerprint density at radius 3 is 2.40 bits per heavy atom. The molecule has 1 aliphatic rings. The summed E-state index contributed by atoms with van der Waals surface area (Å²) in [5, 5.41) is 9.05. The number of hydrogen-bond donors (Lipinski definition) is 1. The molecule has 0 heterocycles. The smallest absolute Gasteiger partial charge is 0.417 e. The Balaban J connectivity index is 2.04. The van der Waals surface area contributed by atoms with E-state index in [1.54, 1.807) is 0 Å².